The number of rotatable bonds is 8. The lowest BCUT2D eigenvalue weighted by Gasteiger charge is -2.14. The van der Waals surface area contributed by atoms with Gasteiger partial charge >= 0.3 is 5.97 Å². The highest BCUT2D eigenvalue weighted by Crippen LogP contribution is 2.25. The minimum atomic E-state index is -0.726. The first-order valence-electron chi connectivity index (χ1n) is 10.1. The zero-order valence-corrected chi connectivity index (χ0v) is 18.2. The fourth-order valence-electron chi connectivity index (χ4n) is 3.01. The summed E-state index contributed by atoms with van der Waals surface area (Å²) in [5.41, 5.74) is 2.49. The third-order valence-corrected chi connectivity index (χ3v) is 4.89. The molecule has 0 aliphatic rings. The van der Waals surface area contributed by atoms with Gasteiger partial charge in [0, 0.05) is 11.4 Å². The number of hydrogen-bond acceptors (Lipinski definition) is 6. The fourth-order valence-corrected chi connectivity index (χ4v) is 3.17. The van der Waals surface area contributed by atoms with E-state index in [-0.39, 0.29) is 0 Å². The van der Waals surface area contributed by atoms with Gasteiger partial charge < -0.3 is 14.2 Å². The molecule has 0 bridgehead atoms. The van der Waals surface area contributed by atoms with Crippen molar-refractivity contribution in [3.8, 4) is 17.4 Å². The van der Waals surface area contributed by atoms with Crippen molar-refractivity contribution in [2.24, 2.45) is 0 Å². The summed E-state index contributed by atoms with van der Waals surface area (Å²) >= 11 is 5.97. The Hall–Kier alpha value is -3.64. The highest BCUT2D eigenvalue weighted by Gasteiger charge is 2.16. The van der Waals surface area contributed by atoms with Crippen LogP contribution in [-0.2, 0) is 16.0 Å². The molecule has 7 heteroatoms. The lowest BCUT2D eigenvalue weighted by molar-refractivity contribution is -0.151. The van der Waals surface area contributed by atoms with Crippen molar-refractivity contribution in [2.45, 2.75) is 19.4 Å². The van der Waals surface area contributed by atoms with Crippen molar-refractivity contribution in [3.05, 3.63) is 89.6 Å². The molecule has 6 nitrogen and oxygen atoms in total. The molecule has 0 fully saturated rings. The first-order valence-corrected chi connectivity index (χ1v) is 10.5. The molecule has 1 atom stereocenters. The summed E-state index contributed by atoms with van der Waals surface area (Å²) < 4.78 is 16.8. The van der Waals surface area contributed by atoms with Gasteiger partial charge in [-0.2, -0.15) is 0 Å². The summed E-state index contributed by atoms with van der Waals surface area (Å²) in [4.78, 5) is 20.9. The Morgan fingerprint density at radius 3 is 2.50 bits per heavy atom. The van der Waals surface area contributed by atoms with Crippen molar-refractivity contribution in [1.82, 2.24) is 9.97 Å². The lowest BCUT2D eigenvalue weighted by atomic mass is 10.2. The van der Waals surface area contributed by atoms with Crippen LogP contribution in [-0.4, -0.2) is 28.6 Å². The van der Waals surface area contributed by atoms with E-state index in [0.717, 1.165) is 5.56 Å². The summed E-state index contributed by atoms with van der Waals surface area (Å²) in [5.74, 6) is 1.05. The number of benzene rings is 3. The molecule has 1 heterocycles. The lowest BCUT2D eigenvalue weighted by Crippen LogP contribution is -2.26. The predicted molar refractivity (Wildman–Crippen MR) is 122 cm³/mol. The second-order valence-electron chi connectivity index (χ2n) is 7.08. The van der Waals surface area contributed by atoms with Gasteiger partial charge in [-0.1, -0.05) is 41.9 Å². The minimum Gasteiger partial charge on any atom is -0.479 e. The molecule has 0 radical (unpaired) electrons. The van der Waals surface area contributed by atoms with E-state index in [0.29, 0.717) is 46.5 Å². The van der Waals surface area contributed by atoms with Gasteiger partial charge in [0.1, 0.15) is 11.5 Å². The van der Waals surface area contributed by atoms with E-state index in [2.05, 4.69) is 9.97 Å². The maximum Gasteiger partial charge on any atom is 0.347 e. The number of esters is 1. The second kappa shape index (κ2) is 10.1. The number of aromatic nitrogens is 2. The molecular weight excluding hydrogens is 428 g/mol. The topological polar surface area (TPSA) is 70.5 Å². The summed E-state index contributed by atoms with van der Waals surface area (Å²) in [7, 11) is 0. The van der Waals surface area contributed by atoms with Gasteiger partial charge in [-0.05, 0) is 55.0 Å². The van der Waals surface area contributed by atoms with E-state index in [9.17, 15) is 4.79 Å². The maximum absolute atomic E-state index is 12.2. The van der Waals surface area contributed by atoms with Crippen molar-refractivity contribution in [2.75, 3.05) is 6.61 Å². The van der Waals surface area contributed by atoms with E-state index in [1.54, 1.807) is 49.4 Å². The Bertz CT molecular complexity index is 1200. The first-order chi connectivity index (χ1) is 15.6. The zero-order chi connectivity index (χ0) is 22.3. The highest BCUT2D eigenvalue weighted by atomic mass is 35.5. The monoisotopic (exact) mass is 448 g/mol. The van der Waals surface area contributed by atoms with Crippen LogP contribution in [0.25, 0.3) is 11.0 Å². The van der Waals surface area contributed by atoms with Crippen LogP contribution in [0.1, 0.15) is 12.5 Å². The summed E-state index contributed by atoms with van der Waals surface area (Å²) in [5, 5.41) is 0.602. The van der Waals surface area contributed by atoms with Gasteiger partial charge in [0.15, 0.2) is 6.10 Å². The quantitative estimate of drug-likeness (QED) is 0.325. The van der Waals surface area contributed by atoms with Gasteiger partial charge in [-0.3, -0.25) is 0 Å². The number of carbonyl (C=O) groups excluding carboxylic acids is 1. The Labute approximate surface area is 190 Å². The van der Waals surface area contributed by atoms with Gasteiger partial charge in [0.05, 0.1) is 23.8 Å². The van der Waals surface area contributed by atoms with Crippen molar-refractivity contribution in [3.63, 3.8) is 0 Å². The molecule has 0 unspecified atom stereocenters. The smallest absolute Gasteiger partial charge is 0.347 e. The summed E-state index contributed by atoms with van der Waals surface area (Å²) in [6, 6.07) is 22.0. The first kappa shape index (κ1) is 21.6. The zero-order valence-electron chi connectivity index (χ0n) is 17.4. The molecule has 0 spiro atoms. The van der Waals surface area contributed by atoms with Crippen LogP contribution in [0.15, 0.2) is 79.0 Å². The summed E-state index contributed by atoms with van der Waals surface area (Å²) in [6.07, 6.45) is 1.47. The molecule has 0 saturated heterocycles. The van der Waals surface area contributed by atoms with Crippen LogP contribution in [0.3, 0.4) is 0 Å². The third kappa shape index (κ3) is 5.74. The minimum absolute atomic E-state index is 0.308. The molecule has 32 heavy (non-hydrogen) atoms. The number of halogens is 1. The molecule has 0 amide bonds. The van der Waals surface area contributed by atoms with E-state index < -0.39 is 12.1 Å². The van der Waals surface area contributed by atoms with Gasteiger partial charge in [-0.25, -0.2) is 14.8 Å². The van der Waals surface area contributed by atoms with Crippen LogP contribution >= 0.6 is 11.6 Å². The molecule has 0 N–H and O–H groups in total. The van der Waals surface area contributed by atoms with Crippen molar-refractivity contribution >= 4 is 28.6 Å². The largest absolute Gasteiger partial charge is 0.479 e. The van der Waals surface area contributed by atoms with E-state index >= 15 is 0 Å². The number of ether oxygens (including phenoxy) is 3. The standard InChI is InChI=1S/C25H21ClN2O4/c1-17(25(29)30-14-13-18-5-3-2-4-6-18)31-20-8-10-21(11-9-20)32-24-16-27-23-15-19(26)7-12-22(23)28-24/h2-12,15-17H,13-14H2,1H3/t17-/m1/s1. The van der Waals surface area contributed by atoms with Crippen LogP contribution in [0.4, 0.5) is 0 Å². The Kier molecular flexibility index (Phi) is 6.82. The van der Waals surface area contributed by atoms with Crippen LogP contribution < -0.4 is 9.47 Å². The summed E-state index contributed by atoms with van der Waals surface area (Å²) in [6.45, 7) is 1.97. The second-order valence-corrected chi connectivity index (χ2v) is 7.51. The number of hydrogen-bond donors (Lipinski definition) is 0. The molecule has 0 aliphatic carbocycles. The highest BCUT2D eigenvalue weighted by molar-refractivity contribution is 6.31. The molecule has 0 saturated carbocycles. The molecular formula is C25H21ClN2O4. The fraction of sp³-hybridized carbons (Fsp3) is 0.160. The average molecular weight is 449 g/mol. The SMILES string of the molecule is C[C@@H](Oc1ccc(Oc2cnc3cc(Cl)ccc3n2)cc1)C(=O)OCCc1ccccc1. The van der Waals surface area contributed by atoms with Gasteiger partial charge in [0.25, 0.3) is 0 Å². The van der Waals surface area contributed by atoms with E-state index in [1.807, 2.05) is 30.3 Å². The maximum atomic E-state index is 12.2. The van der Waals surface area contributed by atoms with Gasteiger partial charge in [-0.15, -0.1) is 0 Å². The van der Waals surface area contributed by atoms with Crippen LogP contribution in [0.5, 0.6) is 17.4 Å². The average Bonchev–Trinajstić information content (AvgIpc) is 2.81. The van der Waals surface area contributed by atoms with E-state index in [4.69, 9.17) is 25.8 Å². The normalized spacial score (nSPS) is 11.7. The molecule has 4 aromatic rings. The number of carbonyl (C=O) groups is 1. The molecule has 0 aliphatic heterocycles. The Balaban J connectivity index is 1.29. The molecule has 1 aromatic heterocycles. The van der Waals surface area contributed by atoms with Crippen LogP contribution in [0.2, 0.25) is 5.02 Å². The molecule has 3 aromatic carbocycles. The molecule has 162 valence electrons. The van der Waals surface area contributed by atoms with Crippen LogP contribution in [0, 0.1) is 0 Å². The van der Waals surface area contributed by atoms with E-state index in [1.165, 1.54) is 6.20 Å². The third-order valence-electron chi connectivity index (χ3n) is 4.65. The van der Waals surface area contributed by atoms with Gasteiger partial charge in [0.2, 0.25) is 5.88 Å². The molecule has 4 rings (SSSR count). The number of fused-ring (bicyclic) bond motifs is 1. The van der Waals surface area contributed by atoms with Crippen molar-refractivity contribution in [1.29, 1.82) is 0 Å². The Morgan fingerprint density at radius 1 is 0.969 bits per heavy atom. The Morgan fingerprint density at radius 2 is 1.72 bits per heavy atom. The number of nitrogens with zero attached hydrogens (tertiary/aromatic N) is 2. The predicted octanol–water partition coefficient (Wildman–Crippen LogP) is 5.63. The van der Waals surface area contributed by atoms with Crippen molar-refractivity contribution < 1.29 is 19.0 Å².